The third-order valence-electron chi connectivity index (χ3n) is 2.67. The topological polar surface area (TPSA) is 109 Å². The molecule has 0 fully saturated rings. The number of aromatic nitrogens is 3. The van der Waals surface area contributed by atoms with E-state index in [1.165, 1.54) is 12.1 Å². The van der Waals surface area contributed by atoms with E-state index in [1.807, 2.05) is 6.92 Å². The van der Waals surface area contributed by atoms with Gasteiger partial charge >= 0.3 is 0 Å². The summed E-state index contributed by atoms with van der Waals surface area (Å²) in [5, 5.41) is 14.9. The van der Waals surface area contributed by atoms with Gasteiger partial charge in [-0.15, -0.1) is 0 Å². The van der Waals surface area contributed by atoms with Gasteiger partial charge in [-0.3, -0.25) is 14.8 Å². The molecule has 2 heterocycles. The molecule has 0 saturated heterocycles. The Bertz CT molecular complexity index is 650. The molecule has 0 aliphatic rings. The second kappa shape index (κ2) is 4.56. The quantitative estimate of drug-likeness (QED) is 0.666. The molecule has 100 valence electrons. The molecule has 8 nitrogen and oxygen atoms in total. The Hall–Kier alpha value is -2.64. The zero-order valence-electron chi connectivity index (χ0n) is 10.7. The van der Waals surface area contributed by atoms with Crippen molar-refractivity contribution in [1.29, 1.82) is 0 Å². The first-order valence-corrected chi connectivity index (χ1v) is 5.48. The third-order valence-corrected chi connectivity index (χ3v) is 2.67. The van der Waals surface area contributed by atoms with Crippen molar-refractivity contribution in [1.82, 2.24) is 14.8 Å². The molecule has 0 spiro atoms. The van der Waals surface area contributed by atoms with Gasteiger partial charge in [-0.1, -0.05) is 0 Å². The summed E-state index contributed by atoms with van der Waals surface area (Å²) in [5.41, 5.74) is 6.82. The summed E-state index contributed by atoms with van der Waals surface area (Å²) in [6, 6.07) is 2.40. The Balaban J connectivity index is 2.41. The molecule has 2 aromatic heterocycles. The molecule has 2 rings (SSSR count). The number of hydrogen-bond acceptors (Lipinski definition) is 6. The van der Waals surface area contributed by atoms with Crippen molar-refractivity contribution in [2.45, 2.75) is 13.8 Å². The van der Waals surface area contributed by atoms with Crippen LogP contribution < -0.4 is 10.5 Å². The van der Waals surface area contributed by atoms with Gasteiger partial charge in [0.15, 0.2) is 5.75 Å². The fourth-order valence-corrected chi connectivity index (χ4v) is 1.68. The molecule has 0 aliphatic heterocycles. The van der Waals surface area contributed by atoms with Crippen LogP contribution in [-0.2, 0) is 7.05 Å². The zero-order chi connectivity index (χ0) is 14.2. The summed E-state index contributed by atoms with van der Waals surface area (Å²) in [4.78, 5) is 14.1. The number of nitrogens with zero attached hydrogens (tertiary/aromatic N) is 4. The molecule has 0 bridgehead atoms. The fourth-order valence-electron chi connectivity index (χ4n) is 1.68. The number of hydrogen-bond donors (Lipinski definition) is 1. The Morgan fingerprint density at radius 1 is 1.42 bits per heavy atom. The monoisotopic (exact) mass is 263 g/mol. The van der Waals surface area contributed by atoms with E-state index in [-0.39, 0.29) is 17.4 Å². The first-order chi connectivity index (χ1) is 8.88. The van der Waals surface area contributed by atoms with Crippen LogP contribution >= 0.6 is 0 Å². The van der Waals surface area contributed by atoms with Crippen LogP contribution in [0.3, 0.4) is 0 Å². The highest BCUT2D eigenvalue weighted by Crippen LogP contribution is 2.29. The van der Waals surface area contributed by atoms with E-state index >= 15 is 0 Å². The lowest BCUT2D eigenvalue weighted by Crippen LogP contribution is -1.98. The van der Waals surface area contributed by atoms with Crippen LogP contribution in [0.4, 0.5) is 11.5 Å². The largest absolute Gasteiger partial charge is 0.435 e. The normalized spacial score (nSPS) is 10.5. The van der Waals surface area contributed by atoms with Crippen LogP contribution in [0.25, 0.3) is 0 Å². The van der Waals surface area contributed by atoms with Crippen molar-refractivity contribution in [3.8, 4) is 11.6 Å². The average Bonchev–Trinajstić information content (AvgIpc) is 2.55. The highest BCUT2D eigenvalue weighted by atomic mass is 16.6. The van der Waals surface area contributed by atoms with Gasteiger partial charge in [-0.05, 0) is 13.8 Å². The van der Waals surface area contributed by atoms with Gasteiger partial charge in [0.25, 0.3) is 5.69 Å². The molecule has 0 amide bonds. The highest BCUT2D eigenvalue weighted by Gasteiger charge is 2.15. The number of nitrogen functional groups attached to an aromatic ring is 1. The maximum absolute atomic E-state index is 10.7. The van der Waals surface area contributed by atoms with Gasteiger partial charge in [0, 0.05) is 7.05 Å². The van der Waals surface area contributed by atoms with Crippen molar-refractivity contribution in [2.24, 2.45) is 7.05 Å². The molecular formula is C11H13N5O3. The maximum Gasteiger partial charge on any atom is 0.278 e. The van der Waals surface area contributed by atoms with Crippen LogP contribution in [0, 0.1) is 24.0 Å². The summed E-state index contributed by atoms with van der Waals surface area (Å²) in [6.07, 6.45) is 0. The zero-order valence-corrected chi connectivity index (χ0v) is 10.7. The summed E-state index contributed by atoms with van der Waals surface area (Å²) >= 11 is 0. The molecule has 8 heteroatoms. The van der Waals surface area contributed by atoms with Crippen molar-refractivity contribution in [3.05, 3.63) is 33.6 Å². The minimum atomic E-state index is -0.548. The number of nitrogens with two attached hydrogens (primary N) is 1. The number of aryl methyl sites for hydroxylation is 2. The fraction of sp³-hybridized carbons (Fsp3) is 0.273. The SMILES string of the molecule is Cc1nn(C)c(C)c1Oc1cc([N+](=O)[O-])cc(N)n1. The second-order valence-electron chi connectivity index (χ2n) is 4.07. The smallest absolute Gasteiger partial charge is 0.278 e. The first kappa shape index (κ1) is 12.8. The Morgan fingerprint density at radius 2 is 2.11 bits per heavy atom. The first-order valence-electron chi connectivity index (χ1n) is 5.48. The molecule has 0 radical (unpaired) electrons. The highest BCUT2D eigenvalue weighted by molar-refractivity contribution is 5.47. The number of pyridine rings is 1. The lowest BCUT2D eigenvalue weighted by atomic mass is 10.3. The summed E-state index contributed by atoms with van der Waals surface area (Å²) < 4.78 is 7.21. The van der Waals surface area contributed by atoms with Crippen molar-refractivity contribution >= 4 is 11.5 Å². The predicted molar refractivity (Wildman–Crippen MR) is 68.1 cm³/mol. The van der Waals surface area contributed by atoms with Gasteiger partial charge in [0.2, 0.25) is 5.88 Å². The Labute approximate surface area is 109 Å². The van der Waals surface area contributed by atoms with Crippen LogP contribution in [0.1, 0.15) is 11.4 Å². The summed E-state index contributed by atoms with van der Waals surface area (Å²) in [6.45, 7) is 3.61. The molecule has 19 heavy (non-hydrogen) atoms. The third kappa shape index (κ3) is 2.46. The molecule has 0 aromatic carbocycles. The molecule has 2 aromatic rings. The summed E-state index contributed by atoms with van der Waals surface area (Å²) in [7, 11) is 1.78. The Kier molecular flexibility index (Phi) is 3.07. The molecule has 0 unspecified atom stereocenters. The van der Waals surface area contributed by atoms with E-state index in [0.29, 0.717) is 11.4 Å². The molecule has 0 atom stereocenters. The van der Waals surface area contributed by atoms with Crippen LogP contribution in [-0.4, -0.2) is 19.7 Å². The number of rotatable bonds is 3. The van der Waals surface area contributed by atoms with Crippen LogP contribution in [0.5, 0.6) is 11.6 Å². The van der Waals surface area contributed by atoms with E-state index in [2.05, 4.69) is 10.1 Å². The lowest BCUT2D eigenvalue weighted by molar-refractivity contribution is -0.384. The molecule has 0 aliphatic carbocycles. The second-order valence-corrected chi connectivity index (χ2v) is 4.07. The predicted octanol–water partition coefficient (Wildman–Crippen LogP) is 1.71. The van der Waals surface area contributed by atoms with Gasteiger partial charge in [-0.25, -0.2) is 0 Å². The van der Waals surface area contributed by atoms with E-state index in [4.69, 9.17) is 10.5 Å². The summed E-state index contributed by atoms with van der Waals surface area (Å²) in [5.74, 6) is 0.629. The maximum atomic E-state index is 10.7. The Morgan fingerprint density at radius 3 is 2.63 bits per heavy atom. The standard InChI is InChI=1S/C11H13N5O3/c1-6-11(7(2)15(3)14-6)19-10-5-8(16(17)18)4-9(12)13-10/h4-5H,1-3H3,(H2,12,13). The van der Waals surface area contributed by atoms with Gasteiger partial charge < -0.3 is 10.5 Å². The lowest BCUT2D eigenvalue weighted by Gasteiger charge is -2.05. The van der Waals surface area contributed by atoms with E-state index < -0.39 is 4.92 Å². The van der Waals surface area contributed by atoms with Gasteiger partial charge in [-0.2, -0.15) is 10.1 Å². The van der Waals surface area contributed by atoms with E-state index in [0.717, 1.165) is 5.69 Å². The molecular weight excluding hydrogens is 250 g/mol. The van der Waals surface area contributed by atoms with Crippen LogP contribution in [0.15, 0.2) is 12.1 Å². The number of nitro groups is 1. The number of anilines is 1. The van der Waals surface area contributed by atoms with E-state index in [1.54, 1.807) is 18.7 Å². The van der Waals surface area contributed by atoms with E-state index in [9.17, 15) is 10.1 Å². The van der Waals surface area contributed by atoms with Crippen LogP contribution in [0.2, 0.25) is 0 Å². The number of ether oxygens (including phenoxy) is 1. The van der Waals surface area contributed by atoms with Crippen molar-refractivity contribution < 1.29 is 9.66 Å². The van der Waals surface area contributed by atoms with Crippen molar-refractivity contribution in [3.63, 3.8) is 0 Å². The van der Waals surface area contributed by atoms with Gasteiger partial charge in [0.05, 0.1) is 22.7 Å². The minimum absolute atomic E-state index is 0.0309. The van der Waals surface area contributed by atoms with Crippen molar-refractivity contribution in [2.75, 3.05) is 5.73 Å². The minimum Gasteiger partial charge on any atom is -0.435 e. The molecule has 0 saturated carbocycles. The molecule has 2 N–H and O–H groups in total. The average molecular weight is 263 g/mol. The van der Waals surface area contributed by atoms with Gasteiger partial charge in [0.1, 0.15) is 11.5 Å².